The highest BCUT2D eigenvalue weighted by atomic mass is 32.2. The van der Waals surface area contributed by atoms with Crippen molar-refractivity contribution in [3.63, 3.8) is 0 Å². The number of H-pyrrole nitrogens is 1. The maximum absolute atomic E-state index is 12.7. The number of nitrogens with zero attached hydrogens (tertiary/aromatic N) is 5. The zero-order valence-electron chi connectivity index (χ0n) is 18.9. The summed E-state index contributed by atoms with van der Waals surface area (Å²) in [5.41, 5.74) is 2.55. The molecule has 1 N–H and O–H groups in total. The second-order valence-corrected chi connectivity index (χ2v) is 9.69. The molecule has 1 aromatic carbocycles. The van der Waals surface area contributed by atoms with Crippen LogP contribution >= 0.6 is 23.1 Å². The fourth-order valence-corrected chi connectivity index (χ4v) is 5.55. The molecule has 0 spiro atoms. The van der Waals surface area contributed by atoms with Crippen LogP contribution in [0.4, 0.5) is 0 Å². The number of fused-ring (bicyclic) bond motifs is 1. The van der Waals surface area contributed by atoms with Crippen molar-refractivity contribution in [2.24, 2.45) is 0 Å². The molecule has 4 heterocycles. The maximum Gasteiger partial charge on any atom is 0.259 e. The van der Waals surface area contributed by atoms with Crippen LogP contribution in [0.25, 0.3) is 27.3 Å². The molecule has 34 heavy (non-hydrogen) atoms. The van der Waals surface area contributed by atoms with E-state index in [9.17, 15) is 4.79 Å². The number of hydrogen-bond donors (Lipinski definition) is 1. The minimum atomic E-state index is -0.110. The summed E-state index contributed by atoms with van der Waals surface area (Å²) in [6, 6.07) is 11.6. The number of aromatic amines is 1. The molecule has 0 bridgehead atoms. The van der Waals surface area contributed by atoms with Gasteiger partial charge in [-0.2, -0.15) is 0 Å². The first kappa shape index (κ1) is 22.3. The van der Waals surface area contributed by atoms with Gasteiger partial charge in [0.15, 0.2) is 11.0 Å². The van der Waals surface area contributed by atoms with Gasteiger partial charge < -0.3 is 9.72 Å². The average molecular weight is 491 g/mol. The summed E-state index contributed by atoms with van der Waals surface area (Å²) in [6.45, 7) is 6.45. The monoisotopic (exact) mass is 490 g/mol. The Morgan fingerprint density at radius 2 is 2.00 bits per heavy atom. The first-order valence-electron chi connectivity index (χ1n) is 10.8. The fourth-order valence-electron chi connectivity index (χ4n) is 3.68. The van der Waals surface area contributed by atoms with E-state index in [0.717, 1.165) is 32.3 Å². The molecule has 10 heteroatoms. The summed E-state index contributed by atoms with van der Waals surface area (Å²) in [5.74, 6) is 2.42. The van der Waals surface area contributed by atoms with Crippen LogP contribution < -0.4 is 10.3 Å². The summed E-state index contributed by atoms with van der Waals surface area (Å²) in [7, 11) is 0. The van der Waals surface area contributed by atoms with Crippen LogP contribution in [0, 0.1) is 13.8 Å². The Hall–Kier alpha value is -3.50. The van der Waals surface area contributed by atoms with Crippen molar-refractivity contribution in [2.45, 2.75) is 31.7 Å². The highest BCUT2D eigenvalue weighted by Crippen LogP contribution is 2.33. The number of nitrogens with one attached hydrogen (secondary N) is 1. The predicted octanol–water partition coefficient (Wildman–Crippen LogP) is 4.94. The van der Waals surface area contributed by atoms with Crippen LogP contribution in [0.3, 0.4) is 0 Å². The third kappa shape index (κ3) is 4.10. The van der Waals surface area contributed by atoms with Gasteiger partial charge in [0.05, 0.1) is 23.4 Å². The largest absolute Gasteiger partial charge is 0.492 e. The zero-order chi connectivity index (χ0) is 23.7. The van der Waals surface area contributed by atoms with E-state index in [-0.39, 0.29) is 5.56 Å². The van der Waals surface area contributed by atoms with Crippen LogP contribution in [0.1, 0.15) is 23.2 Å². The van der Waals surface area contributed by atoms with Gasteiger partial charge in [0.2, 0.25) is 0 Å². The van der Waals surface area contributed by atoms with Crippen LogP contribution in [0.15, 0.2) is 58.7 Å². The number of benzene rings is 1. The van der Waals surface area contributed by atoms with E-state index in [1.807, 2.05) is 61.7 Å². The van der Waals surface area contributed by atoms with E-state index in [2.05, 4.69) is 20.2 Å². The summed E-state index contributed by atoms with van der Waals surface area (Å²) in [5, 5.41) is 10.3. The number of thioether (sulfide) groups is 1. The summed E-state index contributed by atoms with van der Waals surface area (Å²) in [4.78, 5) is 26.4. The van der Waals surface area contributed by atoms with Gasteiger partial charge in [-0.05, 0) is 50.6 Å². The van der Waals surface area contributed by atoms with Crippen LogP contribution in [-0.2, 0) is 5.75 Å². The van der Waals surface area contributed by atoms with Crippen molar-refractivity contribution in [1.29, 1.82) is 0 Å². The molecule has 0 saturated carbocycles. The van der Waals surface area contributed by atoms with Crippen molar-refractivity contribution in [1.82, 2.24) is 29.7 Å². The number of pyridine rings is 1. The second-order valence-electron chi connectivity index (χ2n) is 7.55. The molecule has 5 rings (SSSR count). The Kier molecular flexibility index (Phi) is 6.16. The van der Waals surface area contributed by atoms with Crippen molar-refractivity contribution in [3.8, 4) is 22.8 Å². The molecular formula is C24H22N6O2S2. The molecule has 0 aliphatic rings. The smallest absolute Gasteiger partial charge is 0.259 e. The maximum atomic E-state index is 12.7. The Morgan fingerprint density at radius 3 is 2.79 bits per heavy atom. The van der Waals surface area contributed by atoms with E-state index in [0.29, 0.717) is 34.6 Å². The van der Waals surface area contributed by atoms with Gasteiger partial charge in [-0.15, -0.1) is 21.5 Å². The van der Waals surface area contributed by atoms with Crippen LogP contribution in [0.2, 0.25) is 0 Å². The Bertz CT molecular complexity index is 1520. The topological polar surface area (TPSA) is 98.6 Å². The lowest BCUT2D eigenvalue weighted by molar-refractivity contribution is 0.338. The lowest BCUT2D eigenvalue weighted by atomic mass is 10.2. The zero-order valence-corrected chi connectivity index (χ0v) is 20.5. The average Bonchev–Trinajstić information content (AvgIpc) is 3.39. The summed E-state index contributed by atoms with van der Waals surface area (Å²) in [6.07, 6.45) is 3.48. The van der Waals surface area contributed by atoms with E-state index in [4.69, 9.17) is 9.72 Å². The molecule has 0 aliphatic heterocycles. The van der Waals surface area contributed by atoms with Gasteiger partial charge in [-0.3, -0.25) is 14.3 Å². The van der Waals surface area contributed by atoms with Crippen molar-refractivity contribution < 1.29 is 4.74 Å². The van der Waals surface area contributed by atoms with Crippen molar-refractivity contribution in [3.05, 3.63) is 75.4 Å². The van der Waals surface area contributed by atoms with Gasteiger partial charge in [0.25, 0.3) is 5.56 Å². The predicted molar refractivity (Wildman–Crippen MR) is 135 cm³/mol. The standard InChI is InChI=1S/C24H22N6O2S2/c1-4-32-18-10-6-5-9-17(18)30-21(16-8-7-11-25-12-16)28-29-24(30)33-13-19-26-22(31)20-14(2)15(3)34-23(20)27-19/h5-12H,4,13H2,1-3H3,(H,26,27,31). The second kappa shape index (κ2) is 9.40. The third-order valence-corrected chi connectivity index (χ3v) is 7.43. The van der Waals surface area contributed by atoms with E-state index in [1.54, 1.807) is 23.7 Å². The molecule has 8 nitrogen and oxygen atoms in total. The molecule has 5 aromatic rings. The first-order valence-corrected chi connectivity index (χ1v) is 12.6. The highest BCUT2D eigenvalue weighted by Gasteiger charge is 2.20. The van der Waals surface area contributed by atoms with Crippen LogP contribution in [-0.4, -0.2) is 36.3 Å². The van der Waals surface area contributed by atoms with Crippen molar-refractivity contribution in [2.75, 3.05) is 6.61 Å². The minimum Gasteiger partial charge on any atom is -0.492 e. The van der Waals surface area contributed by atoms with Gasteiger partial charge in [-0.1, -0.05) is 23.9 Å². The lowest BCUT2D eigenvalue weighted by Gasteiger charge is -2.14. The molecule has 0 atom stereocenters. The van der Waals surface area contributed by atoms with Crippen molar-refractivity contribution >= 4 is 33.3 Å². The summed E-state index contributed by atoms with van der Waals surface area (Å²) < 4.78 is 7.85. The molecule has 4 aromatic heterocycles. The molecule has 0 saturated heterocycles. The molecule has 0 unspecified atom stereocenters. The number of ether oxygens (including phenoxy) is 1. The molecule has 0 fully saturated rings. The Balaban J connectivity index is 1.56. The first-order chi connectivity index (χ1) is 16.6. The number of hydrogen-bond acceptors (Lipinski definition) is 8. The highest BCUT2D eigenvalue weighted by molar-refractivity contribution is 7.98. The summed E-state index contributed by atoms with van der Waals surface area (Å²) >= 11 is 2.99. The molecule has 0 radical (unpaired) electrons. The molecule has 172 valence electrons. The van der Waals surface area contributed by atoms with E-state index < -0.39 is 0 Å². The fraction of sp³-hybridized carbons (Fsp3) is 0.208. The molecule has 0 amide bonds. The van der Waals surface area contributed by atoms with Gasteiger partial charge >= 0.3 is 0 Å². The number of aryl methyl sites for hydroxylation is 2. The minimum absolute atomic E-state index is 0.110. The third-order valence-electron chi connectivity index (χ3n) is 5.39. The SMILES string of the molecule is CCOc1ccccc1-n1c(SCc2nc3sc(C)c(C)c3c(=O)[nH]2)nnc1-c1cccnc1. The number of para-hydroxylation sites is 2. The Morgan fingerprint density at radius 1 is 1.15 bits per heavy atom. The lowest BCUT2D eigenvalue weighted by Crippen LogP contribution is -2.11. The number of aromatic nitrogens is 6. The number of rotatable bonds is 7. The normalized spacial score (nSPS) is 11.3. The van der Waals surface area contributed by atoms with Crippen LogP contribution in [0.5, 0.6) is 5.75 Å². The van der Waals surface area contributed by atoms with E-state index in [1.165, 1.54) is 11.8 Å². The van der Waals surface area contributed by atoms with Gasteiger partial charge in [0.1, 0.15) is 16.4 Å². The van der Waals surface area contributed by atoms with Gasteiger partial charge in [0, 0.05) is 22.8 Å². The molecule has 0 aliphatic carbocycles. The molecular weight excluding hydrogens is 468 g/mol. The number of thiophene rings is 1. The van der Waals surface area contributed by atoms with Gasteiger partial charge in [-0.25, -0.2) is 4.98 Å². The van der Waals surface area contributed by atoms with E-state index >= 15 is 0 Å². The quantitative estimate of drug-likeness (QED) is 0.323. The Labute approximate surface area is 204 Å².